The summed E-state index contributed by atoms with van der Waals surface area (Å²) in [6, 6.07) is 5.43. The summed E-state index contributed by atoms with van der Waals surface area (Å²) in [6.07, 6.45) is 2.22. The van der Waals surface area contributed by atoms with E-state index in [-0.39, 0.29) is 11.3 Å². The molecule has 18 heavy (non-hydrogen) atoms. The minimum Gasteiger partial charge on any atom is -0.508 e. The second kappa shape index (κ2) is 4.70. The fourth-order valence-corrected chi connectivity index (χ4v) is 1.36. The van der Waals surface area contributed by atoms with Crippen molar-refractivity contribution in [1.82, 2.24) is 4.90 Å². The number of nitrogens with zero attached hydrogens (tertiary/aromatic N) is 1. The predicted molar refractivity (Wildman–Crippen MR) is 59.4 cm³/mol. The van der Waals surface area contributed by atoms with E-state index in [0.29, 0.717) is 0 Å². The van der Waals surface area contributed by atoms with Crippen molar-refractivity contribution >= 4 is 17.8 Å². The van der Waals surface area contributed by atoms with E-state index in [1.165, 1.54) is 24.3 Å². The highest BCUT2D eigenvalue weighted by atomic mass is 16.5. The van der Waals surface area contributed by atoms with Crippen LogP contribution in [0.5, 0.6) is 5.75 Å². The standard InChI is InChI=1S/C12H9NO5/c14-9-3-1-8(2-4-9)12(17)18-7-13-10(15)5-6-11(13)16/h1-6,14H,7H2. The van der Waals surface area contributed by atoms with Crippen LogP contribution < -0.4 is 0 Å². The van der Waals surface area contributed by atoms with Crippen LogP contribution in [0.3, 0.4) is 0 Å². The molecule has 2 amide bonds. The van der Waals surface area contributed by atoms with Gasteiger partial charge in [0, 0.05) is 12.2 Å². The molecular weight excluding hydrogens is 238 g/mol. The maximum atomic E-state index is 11.6. The first-order valence-corrected chi connectivity index (χ1v) is 5.07. The van der Waals surface area contributed by atoms with Crippen LogP contribution >= 0.6 is 0 Å². The second-order valence-electron chi connectivity index (χ2n) is 3.55. The molecule has 1 aliphatic rings. The number of esters is 1. The highest BCUT2D eigenvalue weighted by Crippen LogP contribution is 2.11. The van der Waals surface area contributed by atoms with Crippen molar-refractivity contribution in [1.29, 1.82) is 0 Å². The molecule has 0 aliphatic carbocycles. The average Bonchev–Trinajstić information content (AvgIpc) is 2.67. The van der Waals surface area contributed by atoms with Crippen LogP contribution in [-0.2, 0) is 14.3 Å². The summed E-state index contributed by atoms with van der Waals surface area (Å²) in [7, 11) is 0. The SMILES string of the molecule is O=C(OCN1C(=O)C=CC1=O)c1ccc(O)cc1. The Morgan fingerprint density at radius 1 is 1.11 bits per heavy atom. The average molecular weight is 247 g/mol. The summed E-state index contributed by atoms with van der Waals surface area (Å²) in [4.78, 5) is 34.7. The lowest BCUT2D eigenvalue weighted by Crippen LogP contribution is -2.33. The number of carbonyl (C=O) groups excluding carboxylic acids is 3. The largest absolute Gasteiger partial charge is 0.508 e. The van der Waals surface area contributed by atoms with E-state index < -0.39 is 24.5 Å². The van der Waals surface area contributed by atoms with Crippen molar-refractivity contribution in [3.05, 3.63) is 42.0 Å². The molecule has 0 aromatic heterocycles. The molecule has 6 nitrogen and oxygen atoms in total. The van der Waals surface area contributed by atoms with Gasteiger partial charge in [0.25, 0.3) is 11.8 Å². The number of phenolic OH excluding ortho intramolecular Hbond substituents is 1. The molecule has 0 saturated heterocycles. The Balaban J connectivity index is 1.95. The Kier molecular flexibility index (Phi) is 3.09. The minimum atomic E-state index is -0.678. The van der Waals surface area contributed by atoms with Crippen LogP contribution in [0.4, 0.5) is 0 Å². The van der Waals surface area contributed by atoms with Gasteiger partial charge in [-0.25, -0.2) is 9.69 Å². The van der Waals surface area contributed by atoms with Crippen LogP contribution in [0, 0.1) is 0 Å². The van der Waals surface area contributed by atoms with Crippen molar-refractivity contribution in [3.63, 3.8) is 0 Å². The van der Waals surface area contributed by atoms with Gasteiger partial charge in [-0.3, -0.25) is 9.59 Å². The second-order valence-corrected chi connectivity index (χ2v) is 3.55. The smallest absolute Gasteiger partial charge is 0.339 e. The first-order valence-electron chi connectivity index (χ1n) is 5.07. The molecule has 0 radical (unpaired) electrons. The third-order valence-electron chi connectivity index (χ3n) is 2.33. The van der Waals surface area contributed by atoms with Gasteiger partial charge in [0.15, 0.2) is 6.73 Å². The molecule has 6 heteroatoms. The van der Waals surface area contributed by atoms with Gasteiger partial charge in [-0.15, -0.1) is 0 Å². The highest BCUT2D eigenvalue weighted by Gasteiger charge is 2.24. The number of aromatic hydroxyl groups is 1. The summed E-state index contributed by atoms with van der Waals surface area (Å²) < 4.78 is 4.82. The van der Waals surface area contributed by atoms with E-state index in [4.69, 9.17) is 9.84 Å². The Morgan fingerprint density at radius 2 is 1.67 bits per heavy atom. The number of hydrogen-bond acceptors (Lipinski definition) is 5. The summed E-state index contributed by atoms with van der Waals surface area (Å²) in [5.41, 5.74) is 0.222. The van der Waals surface area contributed by atoms with Crippen molar-refractivity contribution in [3.8, 4) is 5.75 Å². The normalized spacial score (nSPS) is 14.1. The third kappa shape index (κ3) is 2.37. The predicted octanol–water partition coefficient (Wildman–Crippen LogP) is 0.431. The van der Waals surface area contributed by atoms with Crippen molar-refractivity contribution in [2.24, 2.45) is 0 Å². The lowest BCUT2D eigenvalue weighted by Gasteiger charge is -2.13. The number of hydrogen-bond donors (Lipinski definition) is 1. The number of ether oxygens (including phenoxy) is 1. The number of benzene rings is 1. The van der Waals surface area contributed by atoms with E-state index in [0.717, 1.165) is 17.1 Å². The minimum absolute atomic E-state index is 0.0284. The van der Waals surface area contributed by atoms with Gasteiger partial charge in [-0.2, -0.15) is 0 Å². The van der Waals surface area contributed by atoms with E-state index in [9.17, 15) is 14.4 Å². The van der Waals surface area contributed by atoms with Gasteiger partial charge in [-0.05, 0) is 24.3 Å². The third-order valence-corrected chi connectivity index (χ3v) is 2.33. The lowest BCUT2D eigenvalue weighted by atomic mass is 10.2. The topological polar surface area (TPSA) is 83.9 Å². The molecule has 0 saturated carbocycles. The van der Waals surface area contributed by atoms with Gasteiger partial charge in [0.2, 0.25) is 0 Å². The zero-order chi connectivity index (χ0) is 13.1. The molecule has 2 rings (SSSR count). The van der Waals surface area contributed by atoms with Crippen molar-refractivity contribution < 1.29 is 24.2 Å². The van der Waals surface area contributed by atoms with Crippen LogP contribution in [0.15, 0.2) is 36.4 Å². The Morgan fingerprint density at radius 3 is 2.22 bits per heavy atom. The molecule has 0 fully saturated rings. The van der Waals surface area contributed by atoms with Crippen LogP contribution in [0.25, 0.3) is 0 Å². The van der Waals surface area contributed by atoms with Gasteiger partial charge in [0.1, 0.15) is 5.75 Å². The molecule has 1 aromatic rings. The number of imide groups is 1. The summed E-state index contributed by atoms with van der Waals surface area (Å²) in [5, 5.41) is 9.05. The summed E-state index contributed by atoms with van der Waals surface area (Å²) in [5.74, 6) is -1.68. The first-order chi connectivity index (χ1) is 8.58. The monoisotopic (exact) mass is 247 g/mol. The Hall–Kier alpha value is -2.63. The fraction of sp³-hybridized carbons (Fsp3) is 0.0833. The number of phenols is 1. The number of rotatable bonds is 3. The molecule has 0 bridgehead atoms. The van der Waals surface area contributed by atoms with E-state index in [2.05, 4.69) is 0 Å². The molecule has 0 spiro atoms. The van der Waals surface area contributed by atoms with E-state index in [1.54, 1.807) is 0 Å². The maximum absolute atomic E-state index is 11.6. The molecule has 1 N–H and O–H groups in total. The van der Waals surface area contributed by atoms with Gasteiger partial charge < -0.3 is 9.84 Å². The number of carbonyl (C=O) groups is 3. The van der Waals surface area contributed by atoms with Crippen LogP contribution in [-0.4, -0.2) is 34.5 Å². The zero-order valence-corrected chi connectivity index (χ0v) is 9.20. The van der Waals surface area contributed by atoms with Gasteiger partial charge >= 0.3 is 5.97 Å². The molecule has 0 unspecified atom stereocenters. The number of amides is 2. The first kappa shape index (κ1) is 11.8. The van der Waals surface area contributed by atoms with E-state index >= 15 is 0 Å². The lowest BCUT2D eigenvalue weighted by molar-refractivity contribution is -0.140. The highest BCUT2D eigenvalue weighted by molar-refractivity contribution is 6.12. The molecule has 1 aliphatic heterocycles. The van der Waals surface area contributed by atoms with Crippen molar-refractivity contribution in [2.75, 3.05) is 6.73 Å². The van der Waals surface area contributed by atoms with E-state index in [1.807, 2.05) is 0 Å². The quantitative estimate of drug-likeness (QED) is 0.618. The zero-order valence-electron chi connectivity index (χ0n) is 9.20. The Labute approximate surface area is 102 Å². The van der Waals surface area contributed by atoms with Crippen LogP contribution in [0.1, 0.15) is 10.4 Å². The van der Waals surface area contributed by atoms with Gasteiger partial charge in [-0.1, -0.05) is 0 Å². The fourth-order valence-electron chi connectivity index (χ4n) is 1.36. The maximum Gasteiger partial charge on any atom is 0.339 e. The molecule has 0 atom stereocenters. The molecular formula is C12H9NO5. The molecule has 1 heterocycles. The van der Waals surface area contributed by atoms with Crippen molar-refractivity contribution in [2.45, 2.75) is 0 Å². The summed E-state index contributed by atoms with van der Waals surface area (Å²) >= 11 is 0. The Bertz CT molecular complexity index is 514. The van der Waals surface area contributed by atoms with Crippen LogP contribution in [0.2, 0.25) is 0 Å². The van der Waals surface area contributed by atoms with Gasteiger partial charge in [0.05, 0.1) is 5.56 Å². The summed E-state index contributed by atoms with van der Waals surface area (Å²) in [6.45, 7) is -0.426. The molecule has 92 valence electrons. The molecule has 1 aromatic carbocycles.